The number of aromatic nitrogens is 2. The van der Waals surface area contributed by atoms with Gasteiger partial charge in [-0.2, -0.15) is 0 Å². The van der Waals surface area contributed by atoms with Crippen LogP contribution in [0.25, 0.3) is 11.5 Å². The van der Waals surface area contributed by atoms with Crippen LogP contribution in [0.1, 0.15) is 32.2 Å². The van der Waals surface area contributed by atoms with Gasteiger partial charge in [0.1, 0.15) is 5.75 Å². The lowest BCUT2D eigenvalue weighted by molar-refractivity contribution is 0.397. The maximum absolute atomic E-state index is 5.47. The first-order chi connectivity index (χ1) is 8.95. The van der Waals surface area contributed by atoms with Gasteiger partial charge >= 0.3 is 0 Å². The molecule has 0 bridgehead atoms. The molecule has 0 spiro atoms. The summed E-state index contributed by atoms with van der Waals surface area (Å²) in [6.07, 6.45) is 0. The number of hydrogen-bond acceptors (Lipinski definition) is 5. The zero-order valence-corrected chi connectivity index (χ0v) is 11.7. The van der Waals surface area contributed by atoms with Crippen LogP contribution >= 0.6 is 0 Å². The molecule has 1 aromatic carbocycles. The van der Waals surface area contributed by atoms with Crippen molar-refractivity contribution in [3.8, 4) is 17.2 Å². The molecule has 0 saturated carbocycles. The Hall–Kier alpha value is -1.88. The highest BCUT2D eigenvalue weighted by molar-refractivity contribution is 5.58. The topological polar surface area (TPSA) is 74.2 Å². The molecule has 5 heteroatoms. The molecule has 1 heterocycles. The van der Waals surface area contributed by atoms with Gasteiger partial charge in [0.25, 0.3) is 0 Å². The summed E-state index contributed by atoms with van der Waals surface area (Å²) in [4.78, 5) is 0. The van der Waals surface area contributed by atoms with Crippen molar-refractivity contribution in [2.45, 2.75) is 32.7 Å². The smallest absolute Gasteiger partial charge is 0.247 e. The molecule has 19 heavy (non-hydrogen) atoms. The summed E-state index contributed by atoms with van der Waals surface area (Å²) < 4.78 is 10.9. The second-order valence-corrected chi connectivity index (χ2v) is 5.37. The van der Waals surface area contributed by atoms with Gasteiger partial charge in [-0.05, 0) is 23.6 Å². The summed E-state index contributed by atoms with van der Waals surface area (Å²) in [6.45, 7) is 6.64. The summed E-state index contributed by atoms with van der Waals surface area (Å²) in [6, 6.07) is 5.84. The highest BCUT2D eigenvalue weighted by atomic mass is 16.5. The van der Waals surface area contributed by atoms with Crippen molar-refractivity contribution >= 4 is 0 Å². The van der Waals surface area contributed by atoms with Gasteiger partial charge in [0.05, 0.1) is 13.7 Å². The molecule has 0 saturated heterocycles. The number of methoxy groups -OCH3 is 1. The Morgan fingerprint density at radius 3 is 2.53 bits per heavy atom. The first-order valence-corrected chi connectivity index (χ1v) is 6.17. The van der Waals surface area contributed by atoms with Crippen LogP contribution < -0.4 is 10.5 Å². The van der Waals surface area contributed by atoms with Crippen LogP contribution in [0.2, 0.25) is 0 Å². The van der Waals surface area contributed by atoms with Crippen LogP contribution in [0.3, 0.4) is 0 Å². The van der Waals surface area contributed by atoms with Crippen LogP contribution in [0.4, 0.5) is 0 Å². The first-order valence-electron chi connectivity index (χ1n) is 6.17. The van der Waals surface area contributed by atoms with E-state index in [0.717, 1.165) is 16.9 Å². The molecular formula is C14H19N3O2. The first kappa shape index (κ1) is 13.5. The van der Waals surface area contributed by atoms with E-state index >= 15 is 0 Å². The van der Waals surface area contributed by atoms with Gasteiger partial charge in [-0.25, -0.2) is 0 Å². The van der Waals surface area contributed by atoms with E-state index in [4.69, 9.17) is 14.9 Å². The van der Waals surface area contributed by atoms with Crippen LogP contribution in [0.5, 0.6) is 5.75 Å². The van der Waals surface area contributed by atoms with Gasteiger partial charge in [-0.3, -0.25) is 0 Å². The molecule has 0 aliphatic rings. The van der Waals surface area contributed by atoms with E-state index in [1.807, 2.05) is 18.2 Å². The van der Waals surface area contributed by atoms with Gasteiger partial charge in [-0.1, -0.05) is 20.8 Å². The molecule has 2 N–H and O–H groups in total. The van der Waals surface area contributed by atoms with Gasteiger partial charge in [-0.15, -0.1) is 10.2 Å². The fraction of sp³-hybridized carbons (Fsp3) is 0.429. The van der Waals surface area contributed by atoms with Gasteiger partial charge < -0.3 is 14.9 Å². The third-order valence-electron chi connectivity index (χ3n) is 2.90. The SMILES string of the molecule is COc1ccc(-c2nnc(CN)o2)cc1C(C)(C)C. The fourth-order valence-corrected chi connectivity index (χ4v) is 1.88. The Labute approximate surface area is 112 Å². The van der Waals surface area contributed by atoms with Crippen molar-refractivity contribution < 1.29 is 9.15 Å². The Morgan fingerprint density at radius 2 is 2.00 bits per heavy atom. The standard InChI is InChI=1S/C14H19N3O2/c1-14(2,3)10-7-9(5-6-11(10)18-4)13-17-16-12(8-15)19-13/h5-7H,8,15H2,1-4H3. The summed E-state index contributed by atoms with van der Waals surface area (Å²) in [5, 5.41) is 7.87. The van der Waals surface area contributed by atoms with Crippen molar-refractivity contribution in [2.75, 3.05) is 7.11 Å². The lowest BCUT2D eigenvalue weighted by Crippen LogP contribution is -2.12. The van der Waals surface area contributed by atoms with Crippen molar-refractivity contribution in [2.24, 2.45) is 5.73 Å². The molecule has 5 nitrogen and oxygen atoms in total. The Bertz CT molecular complexity index is 570. The molecule has 102 valence electrons. The van der Waals surface area contributed by atoms with E-state index in [1.54, 1.807) is 7.11 Å². The maximum atomic E-state index is 5.47. The number of rotatable bonds is 3. The highest BCUT2D eigenvalue weighted by Gasteiger charge is 2.20. The van der Waals surface area contributed by atoms with Crippen molar-refractivity contribution in [3.63, 3.8) is 0 Å². The van der Waals surface area contributed by atoms with Crippen molar-refractivity contribution in [1.29, 1.82) is 0 Å². The van der Waals surface area contributed by atoms with Gasteiger partial charge in [0, 0.05) is 11.1 Å². The average molecular weight is 261 g/mol. The number of nitrogens with two attached hydrogens (primary N) is 1. The third-order valence-corrected chi connectivity index (χ3v) is 2.90. The summed E-state index contributed by atoms with van der Waals surface area (Å²) in [7, 11) is 1.67. The van der Waals surface area contributed by atoms with Crippen molar-refractivity contribution in [3.05, 3.63) is 29.7 Å². The third kappa shape index (κ3) is 2.76. The fourth-order valence-electron chi connectivity index (χ4n) is 1.88. The zero-order chi connectivity index (χ0) is 14.0. The molecule has 1 aromatic heterocycles. The monoisotopic (exact) mass is 261 g/mol. The predicted octanol–water partition coefficient (Wildman–Crippen LogP) is 2.50. The molecule has 0 atom stereocenters. The van der Waals surface area contributed by atoms with E-state index in [9.17, 15) is 0 Å². The number of nitrogens with zero attached hydrogens (tertiary/aromatic N) is 2. The molecule has 2 aromatic rings. The van der Waals surface area contributed by atoms with E-state index in [2.05, 4.69) is 31.0 Å². The lowest BCUT2D eigenvalue weighted by atomic mass is 9.85. The Kier molecular flexibility index (Phi) is 3.57. The number of ether oxygens (including phenoxy) is 1. The van der Waals surface area contributed by atoms with Crippen molar-refractivity contribution in [1.82, 2.24) is 10.2 Å². The van der Waals surface area contributed by atoms with E-state index < -0.39 is 0 Å². The second kappa shape index (κ2) is 5.01. The molecule has 0 aliphatic heterocycles. The average Bonchev–Trinajstić information content (AvgIpc) is 2.85. The largest absolute Gasteiger partial charge is 0.496 e. The normalized spacial score (nSPS) is 11.6. The van der Waals surface area contributed by atoms with Crippen LogP contribution in [0, 0.1) is 0 Å². The number of hydrogen-bond donors (Lipinski definition) is 1. The molecular weight excluding hydrogens is 242 g/mol. The molecule has 0 fully saturated rings. The van der Waals surface area contributed by atoms with Crippen LogP contribution in [0.15, 0.2) is 22.6 Å². The minimum atomic E-state index is -0.0297. The molecule has 0 unspecified atom stereocenters. The summed E-state index contributed by atoms with van der Waals surface area (Å²) in [5.41, 5.74) is 7.41. The predicted molar refractivity (Wildman–Crippen MR) is 72.9 cm³/mol. The summed E-state index contributed by atoms with van der Waals surface area (Å²) in [5.74, 6) is 1.77. The maximum Gasteiger partial charge on any atom is 0.247 e. The van der Waals surface area contributed by atoms with Crippen LogP contribution in [-0.2, 0) is 12.0 Å². The van der Waals surface area contributed by atoms with Gasteiger partial charge in [0.15, 0.2) is 0 Å². The molecule has 0 amide bonds. The number of benzene rings is 1. The second-order valence-electron chi connectivity index (χ2n) is 5.37. The minimum absolute atomic E-state index is 0.0297. The van der Waals surface area contributed by atoms with E-state index in [0.29, 0.717) is 11.8 Å². The minimum Gasteiger partial charge on any atom is -0.496 e. The quantitative estimate of drug-likeness (QED) is 0.918. The van der Waals surface area contributed by atoms with E-state index in [1.165, 1.54) is 0 Å². The van der Waals surface area contributed by atoms with Crippen LogP contribution in [-0.4, -0.2) is 17.3 Å². The Morgan fingerprint density at radius 1 is 1.26 bits per heavy atom. The highest BCUT2D eigenvalue weighted by Crippen LogP contribution is 2.34. The zero-order valence-electron chi connectivity index (χ0n) is 11.7. The lowest BCUT2D eigenvalue weighted by Gasteiger charge is -2.22. The van der Waals surface area contributed by atoms with E-state index in [-0.39, 0.29) is 12.0 Å². The molecule has 0 radical (unpaired) electrons. The molecule has 2 rings (SSSR count). The Balaban J connectivity index is 2.48. The summed E-state index contributed by atoms with van der Waals surface area (Å²) >= 11 is 0. The molecule has 0 aliphatic carbocycles. The van der Waals surface area contributed by atoms with Gasteiger partial charge in [0.2, 0.25) is 11.8 Å².